The lowest BCUT2D eigenvalue weighted by Crippen LogP contribution is -2.36. The number of pyridine rings is 1. The summed E-state index contributed by atoms with van der Waals surface area (Å²) in [7, 11) is 0. The van der Waals surface area contributed by atoms with Gasteiger partial charge in [0, 0.05) is 10.9 Å². The minimum Gasteiger partial charge on any atom is -0.149 e. The zero-order valence-electron chi connectivity index (χ0n) is 21.2. The van der Waals surface area contributed by atoms with Crippen molar-refractivity contribution < 1.29 is 4.52 Å². The lowest BCUT2D eigenvalue weighted by Gasteiger charge is -2.13. The maximum absolute atomic E-state index is 2.55. The summed E-state index contributed by atoms with van der Waals surface area (Å²) in [5, 5.41) is 4.06. The average Bonchev–Trinajstić information content (AvgIpc) is 3.06. The summed E-state index contributed by atoms with van der Waals surface area (Å²) >= 11 is 0. The smallest absolute Gasteiger partial charge is 0.149 e. The molecule has 0 saturated heterocycles. The number of para-hydroxylation sites is 1. The summed E-state index contributed by atoms with van der Waals surface area (Å²) < 4.78 is 5.07. The highest BCUT2D eigenvalue weighted by molar-refractivity contribution is 6.14. The summed E-state index contributed by atoms with van der Waals surface area (Å²) in [4.78, 5) is 0. The molecule has 0 bridgehead atoms. The third-order valence-corrected chi connectivity index (χ3v) is 7.29. The molecule has 2 heterocycles. The Hall–Kier alpha value is -3.13. The van der Waals surface area contributed by atoms with Crippen molar-refractivity contribution in [3.05, 3.63) is 82.5 Å². The number of benzene rings is 3. The molecule has 0 fully saturated rings. The number of nitrogens with zero attached hydrogens (tertiary/aromatic N) is 2. The van der Waals surface area contributed by atoms with Crippen LogP contribution < -0.4 is 4.52 Å². The van der Waals surface area contributed by atoms with Gasteiger partial charge in [-0.3, -0.25) is 0 Å². The van der Waals surface area contributed by atoms with Crippen LogP contribution in [-0.2, 0) is 0 Å². The van der Waals surface area contributed by atoms with Crippen molar-refractivity contribution in [3.8, 4) is 11.1 Å². The molecule has 0 amide bonds. The molecular formula is C31H35N2+. The quantitative estimate of drug-likeness (QED) is 0.200. The lowest BCUT2D eigenvalue weighted by molar-refractivity contribution is -0.586. The Morgan fingerprint density at radius 1 is 0.636 bits per heavy atom. The Bertz CT molecular complexity index is 1530. The van der Waals surface area contributed by atoms with Gasteiger partial charge in [0.1, 0.15) is 0 Å². The monoisotopic (exact) mass is 435 g/mol. The molecule has 3 aromatic carbocycles. The van der Waals surface area contributed by atoms with Crippen LogP contribution in [0.1, 0.15) is 67.6 Å². The third-order valence-electron chi connectivity index (χ3n) is 7.29. The summed E-state index contributed by atoms with van der Waals surface area (Å²) in [6.07, 6.45) is 0. The van der Waals surface area contributed by atoms with Gasteiger partial charge in [0.2, 0.25) is 5.52 Å². The van der Waals surface area contributed by atoms with E-state index in [9.17, 15) is 0 Å². The number of fused-ring (bicyclic) bond motifs is 6. The van der Waals surface area contributed by atoms with Crippen LogP contribution in [0.25, 0.3) is 38.3 Å². The summed E-state index contributed by atoms with van der Waals surface area (Å²) in [5.41, 5.74) is 12.2. The van der Waals surface area contributed by atoms with Gasteiger partial charge in [0.25, 0.3) is 5.52 Å². The van der Waals surface area contributed by atoms with Crippen molar-refractivity contribution in [1.29, 1.82) is 0 Å². The fourth-order valence-electron chi connectivity index (χ4n) is 5.93. The molecular weight excluding hydrogens is 400 g/mol. The lowest BCUT2D eigenvalue weighted by atomic mass is 9.91. The highest BCUT2D eigenvalue weighted by atomic mass is 15.4. The fraction of sp³-hybridized carbons (Fsp3) is 0.323. The molecule has 0 spiro atoms. The Kier molecular flexibility index (Phi) is 5.08. The second-order valence-corrected chi connectivity index (χ2v) is 10.2. The van der Waals surface area contributed by atoms with Gasteiger partial charge in [-0.25, -0.2) is 0 Å². The van der Waals surface area contributed by atoms with Crippen LogP contribution in [0.15, 0.2) is 54.6 Å². The maximum Gasteiger partial charge on any atom is 0.254 e. The van der Waals surface area contributed by atoms with Gasteiger partial charge in [-0.15, -0.1) is 4.68 Å². The SMILES string of the molecule is Cc1cccc(C)c1-c1c(C)n(C(C)C)[n+]2c3c(C(C)C)cccc3c3c(C)cccc3c12. The van der Waals surface area contributed by atoms with Crippen LogP contribution in [0.4, 0.5) is 0 Å². The molecule has 168 valence electrons. The molecule has 5 rings (SSSR count). The van der Waals surface area contributed by atoms with Gasteiger partial charge in [-0.2, -0.15) is 0 Å². The number of hydrogen-bond acceptors (Lipinski definition) is 0. The molecule has 2 heteroatoms. The van der Waals surface area contributed by atoms with Gasteiger partial charge in [0.05, 0.1) is 28.1 Å². The van der Waals surface area contributed by atoms with Gasteiger partial charge in [-0.05, 0) is 81.8 Å². The molecule has 0 saturated carbocycles. The van der Waals surface area contributed by atoms with Gasteiger partial charge < -0.3 is 0 Å². The normalized spacial score (nSPS) is 12.2. The van der Waals surface area contributed by atoms with E-state index in [4.69, 9.17) is 0 Å². The Morgan fingerprint density at radius 3 is 1.79 bits per heavy atom. The van der Waals surface area contributed by atoms with Gasteiger partial charge >= 0.3 is 0 Å². The first kappa shape index (κ1) is 21.7. The van der Waals surface area contributed by atoms with Crippen molar-refractivity contribution in [2.75, 3.05) is 0 Å². The first-order chi connectivity index (χ1) is 15.7. The van der Waals surface area contributed by atoms with Crippen LogP contribution >= 0.6 is 0 Å². The van der Waals surface area contributed by atoms with Gasteiger partial charge in [0.15, 0.2) is 0 Å². The molecule has 2 aromatic heterocycles. The van der Waals surface area contributed by atoms with E-state index in [1.807, 2.05) is 0 Å². The van der Waals surface area contributed by atoms with Crippen molar-refractivity contribution in [3.63, 3.8) is 0 Å². The molecule has 0 atom stereocenters. The van der Waals surface area contributed by atoms with Crippen molar-refractivity contribution in [2.45, 2.75) is 67.3 Å². The summed E-state index contributed by atoms with van der Waals surface area (Å²) in [6.45, 7) is 18.3. The first-order valence-corrected chi connectivity index (χ1v) is 12.2. The Balaban J connectivity index is 2.21. The average molecular weight is 436 g/mol. The van der Waals surface area contributed by atoms with Crippen LogP contribution in [-0.4, -0.2) is 4.68 Å². The predicted molar refractivity (Wildman–Crippen MR) is 141 cm³/mol. The molecule has 0 unspecified atom stereocenters. The van der Waals surface area contributed by atoms with E-state index >= 15 is 0 Å². The molecule has 0 aliphatic rings. The van der Waals surface area contributed by atoms with E-state index in [2.05, 4.69) is 119 Å². The molecule has 0 radical (unpaired) electrons. The highest BCUT2D eigenvalue weighted by Crippen LogP contribution is 2.40. The van der Waals surface area contributed by atoms with E-state index in [0.29, 0.717) is 12.0 Å². The Labute approximate surface area is 197 Å². The fourth-order valence-corrected chi connectivity index (χ4v) is 5.93. The van der Waals surface area contributed by atoms with E-state index in [-0.39, 0.29) is 0 Å². The highest BCUT2D eigenvalue weighted by Gasteiger charge is 2.33. The number of aryl methyl sites for hydroxylation is 3. The van der Waals surface area contributed by atoms with Gasteiger partial charge in [-0.1, -0.05) is 60.8 Å². The first-order valence-electron chi connectivity index (χ1n) is 12.2. The second-order valence-electron chi connectivity index (χ2n) is 10.2. The molecule has 2 nitrogen and oxygen atoms in total. The topological polar surface area (TPSA) is 9.03 Å². The van der Waals surface area contributed by atoms with Crippen molar-refractivity contribution in [1.82, 2.24) is 4.68 Å². The zero-order valence-corrected chi connectivity index (χ0v) is 21.2. The Morgan fingerprint density at radius 2 is 1.18 bits per heavy atom. The van der Waals surface area contributed by atoms with E-state index in [0.717, 1.165) is 0 Å². The van der Waals surface area contributed by atoms with E-state index in [1.54, 1.807) is 0 Å². The molecule has 0 aliphatic heterocycles. The second kappa shape index (κ2) is 7.73. The van der Waals surface area contributed by atoms with E-state index in [1.165, 1.54) is 66.3 Å². The van der Waals surface area contributed by atoms with Crippen molar-refractivity contribution in [2.24, 2.45) is 0 Å². The largest absolute Gasteiger partial charge is 0.254 e. The van der Waals surface area contributed by atoms with Crippen LogP contribution in [0.3, 0.4) is 0 Å². The minimum atomic E-state index is 0.334. The van der Waals surface area contributed by atoms with Crippen LogP contribution in [0.2, 0.25) is 0 Å². The van der Waals surface area contributed by atoms with Crippen LogP contribution in [0, 0.1) is 27.7 Å². The molecule has 0 N–H and O–H groups in total. The molecule has 0 aliphatic carbocycles. The maximum atomic E-state index is 2.55. The standard InChI is InChI=1S/C31H35N2/c1-18(2)24-15-11-17-25-28-22(7)14-10-16-26(28)31-29(27-20(5)12-9-13-21(27)6)23(8)32(19(3)4)33(31)30(24)25/h9-19H,1-8H3/q+1. The number of aromatic nitrogens is 2. The number of hydrogen-bond donors (Lipinski definition) is 0. The summed E-state index contributed by atoms with van der Waals surface area (Å²) in [6, 6.07) is 20.7. The van der Waals surface area contributed by atoms with Crippen molar-refractivity contribution >= 4 is 27.2 Å². The zero-order chi connectivity index (χ0) is 23.6. The van der Waals surface area contributed by atoms with Crippen LogP contribution in [0.5, 0.6) is 0 Å². The molecule has 5 aromatic rings. The van der Waals surface area contributed by atoms with E-state index < -0.39 is 0 Å². The predicted octanol–water partition coefficient (Wildman–Crippen LogP) is 8.14. The molecule has 33 heavy (non-hydrogen) atoms. The minimum absolute atomic E-state index is 0.334. The summed E-state index contributed by atoms with van der Waals surface area (Å²) in [5.74, 6) is 0.435. The third kappa shape index (κ3) is 3.04. The number of rotatable bonds is 3.